The Balaban J connectivity index is 1.94. The van der Waals surface area contributed by atoms with E-state index in [9.17, 15) is 4.79 Å². The molecule has 0 fully saturated rings. The summed E-state index contributed by atoms with van der Waals surface area (Å²) in [6.45, 7) is 0.862. The first kappa shape index (κ1) is 14.3. The second-order valence-electron chi connectivity index (χ2n) is 4.57. The summed E-state index contributed by atoms with van der Waals surface area (Å²) in [7, 11) is 1.89. The second kappa shape index (κ2) is 7.46. The van der Waals surface area contributed by atoms with Crippen LogP contribution in [-0.4, -0.2) is 19.4 Å². The number of Topliss-reactive ketones (excluding diaryl/α,β-unsaturated/α-hetero) is 1. The molecule has 0 atom stereocenters. The van der Waals surface area contributed by atoms with Crippen LogP contribution in [0.1, 0.15) is 23.2 Å². The van der Waals surface area contributed by atoms with E-state index in [-0.39, 0.29) is 5.78 Å². The number of rotatable bonds is 7. The summed E-state index contributed by atoms with van der Waals surface area (Å²) in [5.41, 5.74) is 0.738. The lowest BCUT2D eigenvalue weighted by Gasteiger charge is -2.06. The van der Waals surface area contributed by atoms with E-state index in [0.29, 0.717) is 6.42 Å². The number of hydrogen-bond acceptors (Lipinski definition) is 3. The summed E-state index contributed by atoms with van der Waals surface area (Å²) in [6, 6.07) is 16.9. The average molecular weight is 269 g/mol. The molecule has 0 saturated heterocycles. The molecule has 2 aromatic rings. The van der Waals surface area contributed by atoms with Crippen molar-refractivity contribution in [2.24, 2.45) is 0 Å². The van der Waals surface area contributed by atoms with Crippen LogP contribution in [0.15, 0.2) is 54.6 Å². The summed E-state index contributed by atoms with van der Waals surface area (Å²) in [5, 5.41) is 3.04. The van der Waals surface area contributed by atoms with Crippen molar-refractivity contribution in [1.29, 1.82) is 0 Å². The highest BCUT2D eigenvalue weighted by molar-refractivity contribution is 5.96. The van der Waals surface area contributed by atoms with Crippen molar-refractivity contribution in [2.45, 2.75) is 12.8 Å². The lowest BCUT2D eigenvalue weighted by atomic mass is 10.1. The maximum absolute atomic E-state index is 11.9. The van der Waals surface area contributed by atoms with Crippen LogP contribution in [0, 0.1) is 0 Å². The lowest BCUT2D eigenvalue weighted by molar-refractivity contribution is 0.0980. The molecule has 0 spiro atoms. The van der Waals surface area contributed by atoms with Gasteiger partial charge in [0.25, 0.3) is 0 Å². The van der Waals surface area contributed by atoms with E-state index in [1.807, 2.05) is 61.6 Å². The molecule has 0 aliphatic heterocycles. The molecule has 3 nitrogen and oxygen atoms in total. The van der Waals surface area contributed by atoms with E-state index < -0.39 is 0 Å². The molecule has 0 aliphatic rings. The highest BCUT2D eigenvalue weighted by Crippen LogP contribution is 2.21. The Bertz CT molecular complexity index is 535. The smallest absolute Gasteiger partial charge is 0.162 e. The molecule has 0 saturated carbocycles. The molecule has 0 aliphatic carbocycles. The average Bonchev–Trinajstić information content (AvgIpc) is 2.49. The Labute approximate surface area is 119 Å². The summed E-state index contributed by atoms with van der Waals surface area (Å²) < 4.78 is 5.69. The Morgan fingerprint density at radius 3 is 2.30 bits per heavy atom. The zero-order valence-corrected chi connectivity index (χ0v) is 11.6. The van der Waals surface area contributed by atoms with Gasteiger partial charge in [0.1, 0.15) is 11.5 Å². The number of para-hydroxylation sites is 1. The number of benzene rings is 2. The van der Waals surface area contributed by atoms with E-state index in [2.05, 4.69) is 5.32 Å². The summed E-state index contributed by atoms with van der Waals surface area (Å²) in [5.74, 6) is 1.70. The normalized spacial score (nSPS) is 10.2. The molecule has 1 N–H and O–H groups in total. The second-order valence-corrected chi connectivity index (χ2v) is 4.57. The van der Waals surface area contributed by atoms with Gasteiger partial charge in [-0.2, -0.15) is 0 Å². The first-order valence-electron chi connectivity index (χ1n) is 6.80. The van der Waals surface area contributed by atoms with Crippen LogP contribution in [0.25, 0.3) is 0 Å². The SMILES string of the molecule is CNCCCC(=O)c1ccc(Oc2ccccc2)cc1. The van der Waals surface area contributed by atoms with E-state index in [4.69, 9.17) is 4.74 Å². The van der Waals surface area contributed by atoms with Gasteiger partial charge < -0.3 is 10.1 Å². The van der Waals surface area contributed by atoms with Gasteiger partial charge in [0.05, 0.1) is 0 Å². The number of carbonyl (C=O) groups excluding carboxylic acids is 1. The summed E-state index contributed by atoms with van der Waals surface area (Å²) in [6.07, 6.45) is 1.43. The first-order chi connectivity index (χ1) is 9.79. The van der Waals surface area contributed by atoms with Gasteiger partial charge in [-0.25, -0.2) is 0 Å². The number of carbonyl (C=O) groups is 1. The van der Waals surface area contributed by atoms with Gasteiger partial charge in [-0.15, -0.1) is 0 Å². The maximum Gasteiger partial charge on any atom is 0.162 e. The predicted octanol–water partition coefficient (Wildman–Crippen LogP) is 3.66. The van der Waals surface area contributed by atoms with Crippen LogP contribution in [0.3, 0.4) is 0 Å². The highest BCUT2D eigenvalue weighted by Gasteiger charge is 2.05. The van der Waals surface area contributed by atoms with Gasteiger partial charge in [0, 0.05) is 12.0 Å². The quantitative estimate of drug-likeness (QED) is 0.616. The van der Waals surface area contributed by atoms with Gasteiger partial charge >= 0.3 is 0 Å². The fraction of sp³-hybridized carbons (Fsp3) is 0.235. The molecule has 2 rings (SSSR count). The van der Waals surface area contributed by atoms with Crippen LogP contribution in [-0.2, 0) is 0 Å². The minimum atomic E-state index is 0.173. The minimum absolute atomic E-state index is 0.173. The Morgan fingerprint density at radius 2 is 1.65 bits per heavy atom. The maximum atomic E-state index is 11.9. The lowest BCUT2D eigenvalue weighted by Crippen LogP contribution is -2.10. The van der Waals surface area contributed by atoms with Crippen molar-refractivity contribution in [3.8, 4) is 11.5 Å². The van der Waals surface area contributed by atoms with E-state index >= 15 is 0 Å². The van der Waals surface area contributed by atoms with Crippen LogP contribution < -0.4 is 10.1 Å². The largest absolute Gasteiger partial charge is 0.457 e. The van der Waals surface area contributed by atoms with Crippen molar-refractivity contribution in [2.75, 3.05) is 13.6 Å². The summed E-state index contributed by atoms with van der Waals surface area (Å²) in [4.78, 5) is 11.9. The zero-order chi connectivity index (χ0) is 14.2. The van der Waals surface area contributed by atoms with E-state index in [0.717, 1.165) is 30.0 Å². The van der Waals surface area contributed by atoms with E-state index in [1.165, 1.54) is 0 Å². The topological polar surface area (TPSA) is 38.3 Å². The van der Waals surface area contributed by atoms with Crippen LogP contribution in [0.4, 0.5) is 0 Å². The number of ether oxygens (including phenoxy) is 1. The Hall–Kier alpha value is -2.13. The van der Waals surface area contributed by atoms with Crippen LogP contribution in [0.2, 0.25) is 0 Å². The predicted molar refractivity (Wildman–Crippen MR) is 80.4 cm³/mol. The van der Waals surface area contributed by atoms with Gasteiger partial charge in [0.2, 0.25) is 0 Å². The number of hydrogen-bond donors (Lipinski definition) is 1. The third-order valence-corrected chi connectivity index (χ3v) is 2.99. The third-order valence-electron chi connectivity index (χ3n) is 2.99. The monoisotopic (exact) mass is 269 g/mol. The van der Waals surface area contributed by atoms with E-state index in [1.54, 1.807) is 0 Å². The molecule has 0 heterocycles. The van der Waals surface area contributed by atoms with Gasteiger partial charge in [-0.3, -0.25) is 4.79 Å². The molecule has 0 aromatic heterocycles. The van der Waals surface area contributed by atoms with Crippen LogP contribution in [0.5, 0.6) is 11.5 Å². The van der Waals surface area contributed by atoms with Crippen molar-refractivity contribution in [1.82, 2.24) is 5.32 Å². The summed E-state index contributed by atoms with van der Waals surface area (Å²) >= 11 is 0. The standard InChI is InChI=1S/C17H19NO2/c1-18-13-5-8-17(19)14-9-11-16(12-10-14)20-15-6-3-2-4-7-15/h2-4,6-7,9-12,18H,5,8,13H2,1H3. The zero-order valence-electron chi connectivity index (χ0n) is 11.6. The molecule has 2 aromatic carbocycles. The molecule has 0 radical (unpaired) electrons. The van der Waals surface area contributed by atoms with Gasteiger partial charge in [-0.05, 0) is 56.4 Å². The minimum Gasteiger partial charge on any atom is -0.457 e. The fourth-order valence-electron chi connectivity index (χ4n) is 1.90. The highest BCUT2D eigenvalue weighted by atomic mass is 16.5. The Morgan fingerprint density at radius 1 is 1.00 bits per heavy atom. The van der Waals surface area contributed by atoms with Crippen molar-refractivity contribution in [3.05, 3.63) is 60.2 Å². The van der Waals surface area contributed by atoms with Crippen LogP contribution >= 0.6 is 0 Å². The van der Waals surface area contributed by atoms with Crippen molar-refractivity contribution >= 4 is 5.78 Å². The molecule has 0 bridgehead atoms. The third kappa shape index (κ3) is 4.21. The molecule has 0 amide bonds. The molecule has 0 unspecified atom stereocenters. The molecule has 20 heavy (non-hydrogen) atoms. The molecule has 3 heteroatoms. The number of ketones is 1. The van der Waals surface area contributed by atoms with Gasteiger partial charge in [-0.1, -0.05) is 18.2 Å². The van der Waals surface area contributed by atoms with Crippen molar-refractivity contribution in [3.63, 3.8) is 0 Å². The Kier molecular flexibility index (Phi) is 5.33. The molecular formula is C17H19NO2. The molecule has 104 valence electrons. The van der Waals surface area contributed by atoms with Crippen molar-refractivity contribution < 1.29 is 9.53 Å². The number of nitrogens with one attached hydrogen (secondary N) is 1. The fourth-order valence-corrected chi connectivity index (χ4v) is 1.90. The molecular weight excluding hydrogens is 250 g/mol. The van der Waals surface area contributed by atoms with Gasteiger partial charge in [0.15, 0.2) is 5.78 Å². The first-order valence-corrected chi connectivity index (χ1v) is 6.80.